The first-order valence-electron chi connectivity index (χ1n) is 7.35. The summed E-state index contributed by atoms with van der Waals surface area (Å²) in [5.41, 5.74) is 1.26. The Kier molecular flexibility index (Phi) is 5.23. The van der Waals surface area contributed by atoms with Gasteiger partial charge >= 0.3 is 0 Å². The van der Waals surface area contributed by atoms with E-state index in [4.69, 9.17) is 0 Å². The van der Waals surface area contributed by atoms with E-state index < -0.39 is 0 Å². The molecule has 0 bridgehead atoms. The molecule has 3 N–H and O–H groups in total. The molecule has 0 aliphatic heterocycles. The van der Waals surface area contributed by atoms with Gasteiger partial charge in [-0.3, -0.25) is 0 Å². The molecule has 1 aliphatic rings. The van der Waals surface area contributed by atoms with E-state index in [1.807, 2.05) is 12.1 Å². The SMILES string of the molecule is CC(CCc1ccc(O)cc1)NC1CCCC(O)C1. The number of benzene rings is 1. The predicted octanol–water partition coefficient (Wildman–Crippen LogP) is 2.61. The van der Waals surface area contributed by atoms with Gasteiger partial charge in [0.1, 0.15) is 5.75 Å². The minimum atomic E-state index is -0.115. The van der Waals surface area contributed by atoms with Crippen molar-refractivity contribution in [2.75, 3.05) is 0 Å². The highest BCUT2D eigenvalue weighted by Gasteiger charge is 2.20. The summed E-state index contributed by atoms with van der Waals surface area (Å²) in [6.07, 6.45) is 6.14. The van der Waals surface area contributed by atoms with Gasteiger partial charge in [0.2, 0.25) is 0 Å². The normalized spacial score (nSPS) is 25.2. The third kappa shape index (κ3) is 4.84. The third-order valence-corrected chi connectivity index (χ3v) is 3.97. The molecule has 1 fully saturated rings. The van der Waals surface area contributed by atoms with E-state index >= 15 is 0 Å². The van der Waals surface area contributed by atoms with Crippen LogP contribution in [-0.2, 0) is 6.42 Å². The first-order chi connectivity index (χ1) is 9.13. The number of hydrogen-bond donors (Lipinski definition) is 3. The smallest absolute Gasteiger partial charge is 0.115 e. The van der Waals surface area contributed by atoms with Crippen LogP contribution in [0.1, 0.15) is 44.6 Å². The summed E-state index contributed by atoms with van der Waals surface area (Å²) >= 11 is 0. The van der Waals surface area contributed by atoms with Gasteiger partial charge in [0.15, 0.2) is 0 Å². The van der Waals surface area contributed by atoms with Crippen molar-refractivity contribution in [3.8, 4) is 5.75 Å². The van der Waals surface area contributed by atoms with Crippen LogP contribution >= 0.6 is 0 Å². The zero-order valence-electron chi connectivity index (χ0n) is 11.7. The summed E-state index contributed by atoms with van der Waals surface area (Å²) in [6, 6.07) is 8.37. The first kappa shape index (κ1) is 14.4. The fourth-order valence-corrected chi connectivity index (χ4v) is 2.85. The second-order valence-corrected chi connectivity index (χ2v) is 5.79. The second kappa shape index (κ2) is 6.92. The maximum absolute atomic E-state index is 9.66. The predicted molar refractivity (Wildman–Crippen MR) is 77.3 cm³/mol. The van der Waals surface area contributed by atoms with Gasteiger partial charge in [-0.25, -0.2) is 0 Å². The van der Waals surface area contributed by atoms with Crippen LogP contribution in [0.5, 0.6) is 5.75 Å². The largest absolute Gasteiger partial charge is 0.508 e. The number of hydrogen-bond acceptors (Lipinski definition) is 3. The summed E-state index contributed by atoms with van der Waals surface area (Å²) in [6.45, 7) is 2.21. The standard InChI is InChI=1S/C16H25NO2/c1-12(17-14-3-2-4-16(19)11-14)5-6-13-7-9-15(18)10-8-13/h7-10,12,14,16-19H,2-6,11H2,1H3. The Labute approximate surface area is 115 Å². The number of nitrogens with one attached hydrogen (secondary N) is 1. The van der Waals surface area contributed by atoms with Crippen molar-refractivity contribution in [3.05, 3.63) is 29.8 Å². The van der Waals surface area contributed by atoms with Crippen molar-refractivity contribution in [2.24, 2.45) is 0 Å². The zero-order chi connectivity index (χ0) is 13.7. The molecule has 106 valence electrons. The molecule has 2 rings (SSSR count). The van der Waals surface area contributed by atoms with Crippen molar-refractivity contribution < 1.29 is 10.2 Å². The molecule has 0 saturated heterocycles. The lowest BCUT2D eigenvalue weighted by Crippen LogP contribution is -2.41. The highest BCUT2D eigenvalue weighted by molar-refractivity contribution is 5.25. The van der Waals surface area contributed by atoms with Crippen molar-refractivity contribution in [1.29, 1.82) is 0 Å². The minimum Gasteiger partial charge on any atom is -0.508 e. The molecular formula is C16H25NO2. The molecule has 19 heavy (non-hydrogen) atoms. The molecule has 3 heteroatoms. The van der Waals surface area contributed by atoms with Gasteiger partial charge in [-0.15, -0.1) is 0 Å². The van der Waals surface area contributed by atoms with E-state index in [0.29, 0.717) is 17.8 Å². The van der Waals surface area contributed by atoms with E-state index in [0.717, 1.165) is 32.1 Å². The zero-order valence-corrected chi connectivity index (χ0v) is 11.7. The Morgan fingerprint density at radius 2 is 2.00 bits per heavy atom. The molecule has 0 radical (unpaired) electrons. The van der Waals surface area contributed by atoms with Crippen molar-refractivity contribution in [1.82, 2.24) is 5.32 Å². The fourth-order valence-electron chi connectivity index (χ4n) is 2.85. The number of aryl methyl sites for hydroxylation is 1. The van der Waals surface area contributed by atoms with Crippen molar-refractivity contribution in [2.45, 2.75) is 63.6 Å². The van der Waals surface area contributed by atoms with Gasteiger partial charge in [-0.05, 0) is 63.1 Å². The van der Waals surface area contributed by atoms with Gasteiger partial charge in [0.25, 0.3) is 0 Å². The van der Waals surface area contributed by atoms with Crippen molar-refractivity contribution >= 4 is 0 Å². The summed E-state index contributed by atoms with van der Waals surface area (Å²) < 4.78 is 0. The van der Waals surface area contributed by atoms with Crippen molar-refractivity contribution in [3.63, 3.8) is 0 Å². The highest BCUT2D eigenvalue weighted by Crippen LogP contribution is 2.19. The molecule has 1 aliphatic carbocycles. The first-order valence-corrected chi connectivity index (χ1v) is 7.35. The molecular weight excluding hydrogens is 238 g/mol. The fraction of sp³-hybridized carbons (Fsp3) is 0.625. The van der Waals surface area contributed by atoms with Crippen LogP contribution in [0, 0.1) is 0 Å². The highest BCUT2D eigenvalue weighted by atomic mass is 16.3. The molecule has 0 spiro atoms. The van der Waals surface area contributed by atoms with Gasteiger partial charge in [0, 0.05) is 12.1 Å². The number of aliphatic hydroxyl groups is 1. The topological polar surface area (TPSA) is 52.5 Å². The van der Waals surface area contributed by atoms with Crippen LogP contribution in [0.25, 0.3) is 0 Å². The molecule has 1 aromatic rings. The van der Waals surface area contributed by atoms with E-state index in [9.17, 15) is 10.2 Å². The number of rotatable bonds is 5. The molecule has 1 aromatic carbocycles. The lowest BCUT2D eigenvalue weighted by Gasteiger charge is -2.29. The molecule has 3 atom stereocenters. The quantitative estimate of drug-likeness (QED) is 0.765. The molecule has 0 amide bonds. The Morgan fingerprint density at radius 1 is 1.26 bits per heavy atom. The number of aliphatic hydroxyl groups excluding tert-OH is 1. The Balaban J connectivity index is 1.72. The minimum absolute atomic E-state index is 0.115. The van der Waals surface area contributed by atoms with E-state index in [1.165, 1.54) is 12.0 Å². The number of phenolic OH excluding ortho intramolecular Hbond substituents is 1. The van der Waals surface area contributed by atoms with Gasteiger partial charge in [-0.1, -0.05) is 12.1 Å². The maximum Gasteiger partial charge on any atom is 0.115 e. The van der Waals surface area contributed by atoms with E-state index in [1.54, 1.807) is 12.1 Å². The summed E-state index contributed by atoms with van der Waals surface area (Å²) in [7, 11) is 0. The molecule has 3 unspecified atom stereocenters. The Morgan fingerprint density at radius 3 is 2.68 bits per heavy atom. The van der Waals surface area contributed by atoms with Gasteiger partial charge < -0.3 is 15.5 Å². The third-order valence-electron chi connectivity index (χ3n) is 3.97. The summed E-state index contributed by atoms with van der Waals surface area (Å²) in [4.78, 5) is 0. The molecule has 0 heterocycles. The monoisotopic (exact) mass is 263 g/mol. The van der Waals surface area contributed by atoms with Crippen LogP contribution < -0.4 is 5.32 Å². The Hall–Kier alpha value is -1.06. The van der Waals surface area contributed by atoms with Crippen LogP contribution in [0.15, 0.2) is 24.3 Å². The van der Waals surface area contributed by atoms with E-state index in [2.05, 4.69) is 12.2 Å². The molecule has 1 saturated carbocycles. The Bertz CT molecular complexity index is 377. The van der Waals surface area contributed by atoms with Gasteiger partial charge in [0.05, 0.1) is 6.10 Å². The average Bonchev–Trinajstić information content (AvgIpc) is 2.38. The number of phenols is 1. The summed E-state index contributed by atoms with van der Waals surface area (Å²) in [5.74, 6) is 0.325. The lowest BCUT2D eigenvalue weighted by molar-refractivity contribution is 0.109. The van der Waals surface area contributed by atoms with Crippen LogP contribution in [-0.4, -0.2) is 28.4 Å². The van der Waals surface area contributed by atoms with Gasteiger partial charge in [-0.2, -0.15) is 0 Å². The van der Waals surface area contributed by atoms with Crippen LogP contribution in [0.3, 0.4) is 0 Å². The summed E-state index contributed by atoms with van der Waals surface area (Å²) in [5, 5.41) is 22.5. The second-order valence-electron chi connectivity index (χ2n) is 5.79. The van der Waals surface area contributed by atoms with E-state index in [-0.39, 0.29) is 6.10 Å². The lowest BCUT2D eigenvalue weighted by atomic mass is 9.92. The average molecular weight is 263 g/mol. The molecule has 3 nitrogen and oxygen atoms in total. The van der Waals surface area contributed by atoms with Crippen LogP contribution in [0.4, 0.5) is 0 Å². The molecule has 0 aromatic heterocycles. The number of aromatic hydroxyl groups is 1. The maximum atomic E-state index is 9.66. The van der Waals surface area contributed by atoms with Crippen LogP contribution in [0.2, 0.25) is 0 Å².